The van der Waals surface area contributed by atoms with Crippen LogP contribution < -0.4 is 5.32 Å². The van der Waals surface area contributed by atoms with Gasteiger partial charge in [-0.15, -0.1) is 0 Å². The first-order valence-corrected chi connectivity index (χ1v) is 8.01. The highest BCUT2D eigenvalue weighted by molar-refractivity contribution is 6.09. The highest BCUT2D eigenvalue weighted by Crippen LogP contribution is 2.16. The summed E-state index contributed by atoms with van der Waals surface area (Å²) in [4.78, 5) is 26.5. The fourth-order valence-electron chi connectivity index (χ4n) is 2.70. The Bertz CT molecular complexity index is 730. The Labute approximate surface area is 141 Å². The highest BCUT2D eigenvalue weighted by Gasteiger charge is 2.21. The van der Waals surface area contributed by atoms with E-state index in [4.69, 9.17) is 4.74 Å². The van der Waals surface area contributed by atoms with Crippen molar-refractivity contribution in [1.82, 2.24) is 4.90 Å². The normalized spacial score (nSPS) is 17.4. The van der Waals surface area contributed by atoms with Crippen LogP contribution in [-0.4, -0.2) is 42.5 Å². The lowest BCUT2D eigenvalue weighted by molar-refractivity contribution is -0.00138. The minimum absolute atomic E-state index is 0.0375. The standard InChI is InChI=1S/C19H20N2O3/c1-14-13-21(10-11-24-14)19(23)20-17-9-5-8-16(12-17)18(22)15-6-3-2-4-7-15/h2-9,12,14H,10-11,13H2,1H3,(H,20,23)/t14-/m0/s1. The second-order valence-electron chi connectivity index (χ2n) is 5.83. The van der Waals surface area contributed by atoms with Gasteiger partial charge in [-0.1, -0.05) is 42.5 Å². The van der Waals surface area contributed by atoms with Gasteiger partial charge in [0.25, 0.3) is 0 Å². The van der Waals surface area contributed by atoms with Gasteiger partial charge in [-0.3, -0.25) is 4.79 Å². The number of rotatable bonds is 3. The number of anilines is 1. The number of morpholine rings is 1. The molecule has 2 aromatic carbocycles. The van der Waals surface area contributed by atoms with Gasteiger partial charge in [0.15, 0.2) is 5.78 Å². The summed E-state index contributed by atoms with van der Waals surface area (Å²) >= 11 is 0. The molecule has 5 nitrogen and oxygen atoms in total. The minimum atomic E-state index is -0.172. The number of carbonyl (C=O) groups is 2. The smallest absolute Gasteiger partial charge is 0.322 e. The van der Waals surface area contributed by atoms with Crippen LogP contribution in [0.1, 0.15) is 22.8 Å². The van der Waals surface area contributed by atoms with Gasteiger partial charge in [0, 0.05) is 29.9 Å². The molecule has 24 heavy (non-hydrogen) atoms. The van der Waals surface area contributed by atoms with E-state index in [1.807, 2.05) is 25.1 Å². The molecule has 0 spiro atoms. The maximum absolute atomic E-state index is 12.5. The first-order valence-electron chi connectivity index (χ1n) is 8.01. The van der Waals surface area contributed by atoms with E-state index in [2.05, 4.69) is 5.32 Å². The maximum atomic E-state index is 12.5. The number of hydrogen-bond acceptors (Lipinski definition) is 3. The Morgan fingerprint density at radius 3 is 2.58 bits per heavy atom. The van der Waals surface area contributed by atoms with Crippen LogP contribution in [0.2, 0.25) is 0 Å². The molecule has 2 aromatic rings. The number of urea groups is 1. The van der Waals surface area contributed by atoms with Crippen LogP contribution in [0.3, 0.4) is 0 Å². The van der Waals surface area contributed by atoms with Crippen molar-refractivity contribution in [3.8, 4) is 0 Å². The van der Waals surface area contributed by atoms with Gasteiger partial charge in [0.1, 0.15) is 0 Å². The lowest BCUT2D eigenvalue weighted by Gasteiger charge is -2.31. The zero-order valence-electron chi connectivity index (χ0n) is 13.6. The van der Waals surface area contributed by atoms with Crippen molar-refractivity contribution in [1.29, 1.82) is 0 Å². The van der Waals surface area contributed by atoms with Crippen molar-refractivity contribution in [2.45, 2.75) is 13.0 Å². The SMILES string of the molecule is C[C@H]1CN(C(=O)Nc2cccc(C(=O)c3ccccc3)c2)CCO1. The number of amides is 2. The number of carbonyl (C=O) groups excluding carboxylic acids is 2. The van der Waals surface area contributed by atoms with Crippen LogP contribution >= 0.6 is 0 Å². The van der Waals surface area contributed by atoms with Gasteiger partial charge >= 0.3 is 6.03 Å². The third-order valence-corrected chi connectivity index (χ3v) is 3.94. The molecule has 1 N–H and O–H groups in total. The average Bonchev–Trinajstić information content (AvgIpc) is 2.62. The molecule has 1 aliphatic heterocycles. The third-order valence-electron chi connectivity index (χ3n) is 3.94. The monoisotopic (exact) mass is 324 g/mol. The molecule has 0 aromatic heterocycles. The molecule has 3 rings (SSSR count). The number of nitrogens with zero attached hydrogens (tertiary/aromatic N) is 1. The summed E-state index contributed by atoms with van der Waals surface area (Å²) in [5.74, 6) is -0.0632. The summed E-state index contributed by atoms with van der Waals surface area (Å²) < 4.78 is 5.44. The molecule has 0 saturated carbocycles. The number of ether oxygens (including phenoxy) is 1. The van der Waals surface area contributed by atoms with Crippen LogP contribution in [-0.2, 0) is 4.74 Å². The molecular formula is C19H20N2O3. The Morgan fingerprint density at radius 2 is 1.83 bits per heavy atom. The molecule has 1 heterocycles. The zero-order valence-corrected chi connectivity index (χ0v) is 13.6. The van der Waals surface area contributed by atoms with Crippen LogP contribution in [0.5, 0.6) is 0 Å². The van der Waals surface area contributed by atoms with E-state index < -0.39 is 0 Å². The Morgan fingerprint density at radius 1 is 1.08 bits per heavy atom. The topological polar surface area (TPSA) is 58.6 Å². The summed E-state index contributed by atoms with van der Waals surface area (Å²) in [6, 6.07) is 15.9. The summed E-state index contributed by atoms with van der Waals surface area (Å²) in [6.45, 7) is 3.62. The van der Waals surface area contributed by atoms with Crippen molar-refractivity contribution in [3.63, 3.8) is 0 Å². The molecule has 0 bridgehead atoms. The third kappa shape index (κ3) is 3.81. The van der Waals surface area contributed by atoms with Crippen LogP contribution in [0.15, 0.2) is 54.6 Å². The number of nitrogens with one attached hydrogen (secondary N) is 1. The molecule has 124 valence electrons. The van der Waals surface area contributed by atoms with Gasteiger partial charge < -0.3 is 15.0 Å². The summed E-state index contributed by atoms with van der Waals surface area (Å²) in [5, 5.41) is 2.86. The van der Waals surface area contributed by atoms with Crippen LogP contribution in [0.4, 0.5) is 10.5 Å². The van der Waals surface area contributed by atoms with Crippen molar-refractivity contribution in [2.24, 2.45) is 0 Å². The van der Waals surface area contributed by atoms with Gasteiger partial charge in [-0.05, 0) is 19.1 Å². The number of hydrogen-bond donors (Lipinski definition) is 1. The number of benzene rings is 2. The molecule has 0 unspecified atom stereocenters. The van der Waals surface area contributed by atoms with E-state index in [1.165, 1.54) is 0 Å². The largest absolute Gasteiger partial charge is 0.375 e. The van der Waals surface area contributed by atoms with Crippen LogP contribution in [0, 0.1) is 0 Å². The van der Waals surface area contributed by atoms with Crippen molar-refractivity contribution in [3.05, 3.63) is 65.7 Å². The van der Waals surface area contributed by atoms with E-state index in [1.54, 1.807) is 41.3 Å². The van der Waals surface area contributed by atoms with Gasteiger partial charge in [-0.25, -0.2) is 4.79 Å². The number of ketones is 1. The van der Waals surface area contributed by atoms with E-state index in [-0.39, 0.29) is 17.9 Å². The molecular weight excluding hydrogens is 304 g/mol. The highest BCUT2D eigenvalue weighted by atomic mass is 16.5. The zero-order chi connectivity index (χ0) is 16.9. The lowest BCUT2D eigenvalue weighted by atomic mass is 10.0. The van der Waals surface area contributed by atoms with E-state index >= 15 is 0 Å². The van der Waals surface area contributed by atoms with Crippen molar-refractivity contribution in [2.75, 3.05) is 25.0 Å². The predicted molar refractivity (Wildman–Crippen MR) is 92.3 cm³/mol. The fourth-order valence-corrected chi connectivity index (χ4v) is 2.70. The van der Waals surface area contributed by atoms with E-state index in [0.717, 1.165) is 0 Å². The quantitative estimate of drug-likeness (QED) is 0.882. The lowest BCUT2D eigenvalue weighted by Crippen LogP contribution is -2.46. The molecule has 0 aliphatic carbocycles. The summed E-state index contributed by atoms with van der Waals surface area (Å²) in [7, 11) is 0. The van der Waals surface area contributed by atoms with E-state index in [9.17, 15) is 9.59 Å². The predicted octanol–water partition coefficient (Wildman–Crippen LogP) is 3.17. The molecule has 5 heteroatoms. The summed E-state index contributed by atoms with van der Waals surface area (Å²) in [5.41, 5.74) is 1.79. The minimum Gasteiger partial charge on any atom is -0.375 e. The molecule has 1 saturated heterocycles. The average molecular weight is 324 g/mol. The Hall–Kier alpha value is -2.66. The molecule has 0 radical (unpaired) electrons. The van der Waals surface area contributed by atoms with Gasteiger partial charge in [-0.2, -0.15) is 0 Å². The fraction of sp³-hybridized carbons (Fsp3) is 0.263. The molecule has 1 atom stereocenters. The van der Waals surface area contributed by atoms with Crippen molar-refractivity contribution >= 4 is 17.5 Å². The van der Waals surface area contributed by atoms with Gasteiger partial charge in [0.2, 0.25) is 0 Å². The second-order valence-corrected chi connectivity index (χ2v) is 5.83. The molecule has 1 aliphatic rings. The van der Waals surface area contributed by atoms with Crippen molar-refractivity contribution < 1.29 is 14.3 Å². The summed E-state index contributed by atoms with van der Waals surface area (Å²) in [6.07, 6.45) is 0.0375. The molecule has 2 amide bonds. The first kappa shape index (κ1) is 16.2. The van der Waals surface area contributed by atoms with E-state index in [0.29, 0.717) is 36.5 Å². The second kappa shape index (κ2) is 7.27. The Balaban J connectivity index is 1.71. The van der Waals surface area contributed by atoms with Crippen LogP contribution in [0.25, 0.3) is 0 Å². The first-order chi connectivity index (χ1) is 11.6. The van der Waals surface area contributed by atoms with Gasteiger partial charge in [0.05, 0.1) is 12.7 Å². The maximum Gasteiger partial charge on any atom is 0.322 e. The Kier molecular flexibility index (Phi) is 4.91. The molecule has 1 fully saturated rings.